The van der Waals surface area contributed by atoms with Crippen molar-refractivity contribution < 1.29 is 0 Å². The van der Waals surface area contributed by atoms with Crippen LogP contribution in [0.25, 0.3) is 0 Å². The van der Waals surface area contributed by atoms with Crippen LogP contribution in [0.15, 0.2) is 47.4 Å². The van der Waals surface area contributed by atoms with Crippen molar-refractivity contribution >= 4 is 40.8 Å². The van der Waals surface area contributed by atoms with Gasteiger partial charge in [0.1, 0.15) is 0 Å². The molecule has 2 nitrogen and oxygen atoms in total. The van der Waals surface area contributed by atoms with Crippen LogP contribution in [0.4, 0.5) is 5.69 Å². The van der Waals surface area contributed by atoms with E-state index in [1.54, 1.807) is 0 Å². The Labute approximate surface area is 170 Å². The Hall–Kier alpha value is -0.870. The van der Waals surface area contributed by atoms with Crippen LogP contribution in [0.2, 0.25) is 10.0 Å². The summed E-state index contributed by atoms with van der Waals surface area (Å²) in [7, 11) is 0. The van der Waals surface area contributed by atoms with Crippen molar-refractivity contribution in [2.24, 2.45) is 5.92 Å². The summed E-state index contributed by atoms with van der Waals surface area (Å²) in [6.07, 6.45) is 6.98. The average Bonchev–Trinajstić information content (AvgIpc) is 2.64. The van der Waals surface area contributed by atoms with E-state index in [4.69, 9.17) is 23.2 Å². The zero-order chi connectivity index (χ0) is 17.9. The van der Waals surface area contributed by atoms with Crippen molar-refractivity contribution in [1.82, 2.24) is 4.31 Å². The molecule has 1 fully saturated rings. The lowest BCUT2D eigenvalue weighted by atomic mass is 9.89. The Balaban J connectivity index is 1.59. The smallest absolute Gasteiger partial charge is 0.0780 e. The van der Waals surface area contributed by atoms with Crippen molar-refractivity contribution in [3.63, 3.8) is 0 Å². The first kappa shape index (κ1) is 18.5. The van der Waals surface area contributed by atoms with E-state index in [1.165, 1.54) is 54.8 Å². The molecule has 0 atom stereocenters. The second-order valence-electron chi connectivity index (χ2n) is 7.55. The second-order valence-corrected chi connectivity index (χ2v) is 9.96. The lowest BCUT2D eigenvalue weighted by Gasteiger charge is -2.42. The van der Waals surface area contributed by atoms with E-state index < -0.39 is 0 Å². The van der Waals surface area contributed by atoms with Gasteiger partial charge in [-0.15, -0.1) is 0 Å². The fraction of sp³-hybridized carbons (Fsp3) is 0.429. The highest BCUT2D eigenvalue weighted by molar-refractivity contribution is 7.97. The van der Waals surface area contributed by atoms with Gasteiger partial charge in [0.05, 0.1) is 17.4 Å². The summed E-state index contributed by atoms with van der Waals surface area (Å²) < 4.78 is 2.65. The van der Waals surface area contributed by atoms with Crippen LogP contribution in [0, 0.1) is 5.92 Å². The minimum atomic E-state index is 0.0461. The number of benzene rings is 2. The van der Waals surface area contributed by atoms with E-state index in [0.717, 1.165) is 29.2 Å². The summed E-state index contributed by atoms with van der Waals surface area (Å²) in [4.78, 5) is 3.75. The van der Waals surface area contributed by atoms with Gasteiger partial charge in [-0.1, -0.05) is 72.8 Å². The first-order valence-electron chi connectivity index (χ1n) is 9.56. The van der Waals surface area contributed by atoms with Gasteiger partial charge in [-0.05, 0) is 36.5 Å². The van der Waals surface area contributed by atoms with Crippen LogP contribution in [0.5, 0.6) is 0 Å². The maximum Gasteiger partial charge on any atom is 0.0780 e. The normalized spacial score (nSPS) is 19.1. The summed E-state index contributed by atoms with van der Waals surface area (Å²) in [6, 6.07) is 14.7. The number of nitrogens with zero attached hydrogens (tertiary/aromatic N) is 2. The Kier molecular flexibility index (Phi) is 6.00. The molecule has 0 amide bonds. The van der Waals surface area contributed by atoms with Crippen LogP contribution >= 0.6 is 35.1 Å². The van der Waals surface area contributed by atoms with Gasteiger partial charge in [-0.25, -0.2) is 11.9 Å². The third-order valence-corrected chi connectivity index (χ3v) is 7.83. The van der Waals surface area contributed by atoms with E-state index >= 15 is 0 Å². The molecule has 0 bridgehead atoms. The molecule has 1 heterocycles. The fourth-order valence-electron chi connectivity index (χ4n) is 4.23. The van der Waals surface area contributed by atoms with E-state index in [9.17, 15) is 0 Å². The molecule has 5 heteroatoms. The standard InChI is InChI=1S/C21H27Cl2N2S/c22-18-11-19(23)21-20(12-18)24(13-16-7-3-1-4-8-16)15-25(26-21)14-17-9-5-2-6-10-17/h1,3-4,7-8,11-12,17H,2,5-6,9-10,13-15H2,26H3. The summed E-state index contributed by atoms with van der Waals surface area (Å²) in [6.45, 7) is 3.08. The van der Waals surface area contributed by atoms with Gasteiger partial charge in [-0.3, -0.25) is 4.31 Å². The topological polar surface area (TPSA) is 6.48 Å². The molecular weight excluding hydrogens is 383 g/mol. The highest BCUT2D eigenvalue weighted by atomic mass is 35.5. The van der Waals surface area contributed by atoms with Crippen LogP contribution in [-0.2, 0) is 6.54 Å². The monoisotopic (exact) mass is 409 g/mol. The van der Waals surface area contributed by atoms with Crippen LogP contribution < -0.4 is 4.90 Å². The third kappa shape index (κ3) is 4.33. The number of hydrogen-bond acceptors (Lipinski definition) is 2. The fourth-order valence-corrected chi connectivity index (χ4v) is 6.51. The third-order valence-electron chi connectivity index (χ3n) is 5.51. The largest absolute Gasteiger partial charge is 0.353 e. The van der Waals surface area contributed by atoms with Gasteiger partial charge in [0.2, 0.25) is 0 Å². The molecule has 2 aromatic rings. The second kappa shape index (κ2) is 8.43. The molecule has 4 rings (SSSR count). The maximum absolute atomic E-state index is 6.61. The molecule has 0 aromatic heterocycles. The van der Waals surface area contributed by atoms with Crippen LogP contribution in [0.3, 0.4) is 0 Å². The summed E-state index contributed by atoms with van der Waals surface area (Å²) >= 11 is 13.0. The van der Waals surface area contributed by atoms with Crippen molar-refractivity contribution in [3.8, 4) is 0 Å². The quantitative estimate of drug-likeness (QED) is 0.605. The molecule has 1 aliphatic carbocycles. The molecule has 0 N–H and O–H groups in total. The molecular formula is C21H27Cl2N2S. The number of halogens is 2. The highest BCUT2D eigenvalue weighted by Crippen LogP contribution is 2.45. The predicted octanol–water partition coefficient (Wildman–Crippen LogP) is 6.06. The summed E-state index contributed by atoms with van der Waals surface area (Å²) in [5.74, 6) is 0.849. The molecule has 141 valence electrons. The molecule has 0 spiro atoms. The number of fused-ring (bicyclic) bond motifs is 1. The van der Waals surface area contributed by atoms with Gasteiger partial charge in [-0.2, -0.15) is 0 Å². The van der Waals surface area contributed by atoms with Crippen molar-refractivity contribution in [2.75, 3.05) is 18.1 Å². The van der Waals surface area contributed by atoms with Crippen molar-refractivity contribution in [2.45, 2.75) is 43.5 Å². The van der Waals surface area contributed by atoms with Crippen molar-refractivity contribution in [3.05, 3.63) is 58.1 Å². The van der Waals surface area contributed by atoms with Gasteiger partial charge in [0, 0.05) is 23.0 Å². The number of hydrogen-bond donors (Lipinski definition) is 0. The number of rotatable bonds is 4. The lowest BCUT2D eigenvalue weighted by Crippen LogP contribution is -2.40. The zero-order valence-corrected chi connectivity index (χ0v) is 17.7. The van der Waals surface area contributed by atoms with E-state index in [0.29, 0.717) is 0 Å². The first-order chi connectivity index (χ1) is 12.7. The van der Waals surface area contributed by atoms with Gasteiger partial charge in [0.15, 0.2) is 0 Å². The Morgan fingerprint density at radius 3 is 2.54 bits per heavy atom. The lowest BCUT2D eigenvalue weighted by molar-refractivity contribution is 0.289. The van der Waals surface area contributed by atoms with Crippen LogP contribution in [-0.4, -0.2) is 17.5 Å². The SMILES string of the molecule is Clc1cc(Cl)c2c(c1)N(Cc1ccccc1)CN(CC1CCCCC1)[SH3]2. The minimum absolute atomic E-state index is 0.0461. The van der Waals surface area contributed by atoms with Gasteiger partial charge >= 0.3 is 0 Å². The zero-order valence-electron chi connectivity index (χ0n) is 15.0. The molecule has 2 aromatic carbocycles. The molecule has 2 aliphatic rings. The molecule has 26 heavy (non-hydrogen) atoms. The number of anilines is 1. The van der Waals surface area contributed by atoms with E-state index in [-0.39, 0.29) is 11.9 Å². The summed E-state index contributed by atoms with van der Waals surface area (Å²) in [5.41, 5.74) is 2.55. The molecule has 0 saturated heterocycles. The molecule has 1 aliphatic heterocycles. The predicted molar refractivity (Wildman–Crippen MR) is 117 cm³/mol. The maximum atomic E-state index is 6.61. The van der Waals surface area contributed by atoms with Gasteiger partial charge < -0.3 is 4.90 Å². The van der Waals surface area contributed by atoms with Crippen LogP contribution in [0.1, 0.15) is 37.7 Å². The Morgan fingerprint density at radius 1 is 1.00 bits per heavy atom. The average molecular weight is 410 g/mol. The summed E-state index contributed by atoms with van der Waals surface area (Å²) in [5, 5.41) is 1.56. The highest BCUT2D eigenvalue weighted by Gasteiger charge is 2.26. The molecule has 1 radical (unpaired) electrons. The molecule has 1 saturated carbocycles. The Morgan fingerprint density at radius 2 is 1.77 bits per heavy atom. The van der Waals surface area contributed by atoms with E-state index in [1.807, 2.05) is 6.07 Å². The Bertz CT molecular complexity index is 747. The van der Waals surface area contributed by atoms with Gasteiger partial charge in [0.25, 0.3) is 0 Å². The molecule has 0 unspecified atom stereocenters. The van der Waals surface area contributed by atoms with Crippen molar-refractivity contribution in [1.29, 1.82) is 0 Å². The first-order valence-corrected chi connectivity index (χ1v) is 11.4. The van der Waals surface area contributed by atoms with E-state index in [2.05, 4.69) is 45.6 Å². The minimum Gasteiger partial charge on any atom is -0.353 e.